The third-order valence-corrected chi connectivity index (χ3v) is 13.5. The Morgan fingerprint density at radius 1 is 0.317 bits per heavy atom. The predicted octanol–water partition coefficient (Wildman–Crippen LogP) is 17.0. The van der Waals surface area contributed by atoms with Crippen LogP contribution in [-0.2, 0) is 5.41 Å². The van der Waals surface area contributed by atoms with Crippen molar-refractivity contribution in [2.24, 2.45) is 0 Å². The van der Waals surface area contributed by atoms with Crippen LogP contribution < -0.4 is 4.90 Å². The van der Waals surface area contributed by atoms with Gasteiger partial charge in [-0.1, -0.05) is 206 Å². The molecule has 0 radical (unpaired) electrons. The summed E-state index contributed by atoms with van der Waals surface area (Å²) >= 11 is 0. The lowest BCUT2D eigenvalue weighted by Gasteiger charge is -2.30. The van der Waals surface area contributed by atoms with Crippen LogP contribution in [0.25, 0.3) is 76.8 Å². The normalized spacial score (nSPS) is 14.2. The molecule has 1 aliphatic carbocycles. The van der Waals surface area contributed by atoms with Gasteiger partial charge in [-0.25, -0.2) is 0 Å². The van der Waals surface area contributed by atoms with Crippen molar-refractivity contribution in [2.75, 3.05) is 4.90 Å². The molecule has 0 fully saturated rings. The summed E-state index contributed by atoms with van der Waals surface area (Å²) in [6.45, 7) is 2.39. The summed E-state index contributed by atoms with van der Waals surface area (Å²) in [6.07, 6.45) is 0. The van der Waals surface area contributed by atoms with Gasteiger partial charge in [0.05, 0.1) is 5.69 Å². The van der Waals surface area contributed by atoms with Gasteiger partial charge in [-0.15, -0.1) is 0 Å². The first-order valence-electron chi connectivity index (χ1n) is 21.9. The number of nitrogens with zero attached hydrogens (tertiary/aromatic N) is 1. The van der Waals surface area contributed by atoms with E-state index in [1.165, 1.54) is 88.0 Å². The third kappa shape index (κ3) is 5.92. The van der Waals surface area contributed by atoms with Gasteiger partial charge in [0, 0.05) is 22.2 Å². The first-order valence-corrected chi connectivity index (χ1v) is 21.9. The Morgan fingerprint density at radius 2 is 0.857 bits per heavy atom. The summed E-state index contributed by atoms with van der Waals surface area (Å²) in [5, 5.41) is 7.43. The van der Waals surface area contributed by atoms with Crippen LogP contribution in [0.3, 0.4) is 0 Å². The van der Waals surface area contributed by atoms with Gasteiger partial charge in [0.1, 0.15) is 0 Å². The van der Waals surface area contributed by atoms with E-state index in [9.17, 15) is 0 Å². The number of hydrogen-bond acceptors (Lipinski definition) is 1. The van der Waals surface area contributed by atoms with Gasteiger partial charge in [0.25, 0.3) is 0 Å². The largest absolute Gasteiger partial charge is 0.310 e. The minimum Gasteiger partial charge on any atom is -0.310 e. The van der Waals surface area contributed by atoms with Crippen LogP contribution in [0.4, 0.5) is 17.1 Å². The Balaban J connectivity index is 1.07. The van der Waals surface area contributed by atoms with E-state index in [2.05, 4.69) is 254 Å². The zero-order chi connectivity index (χ0) is 41.9. The maximum atomic E-state index is 2.46. The Kier molecular flexibility index (Phi) is 8.69. The number of rotatable bonds is 7. The van der Waals surface area contributed by atoms with Gasteiger partial charge in [-0.3, -0.25) is 0 Å². The first-order chi connectivity index (χ1) is 31.1. The highest BCUT2D eigenvalue weighted by atomic mass is 15.1. The van der Waals surface area contributed by atoms with Crippen molar-refractivity contribution in [3.8, 4) is 44.5 Å². The van der Waals surface area contributed by atoms with Crippen molar-refractivity contribution < 1.29 is 0 Å². The second kappa shape index (κ2) is 14.9. The lowest BCUT2D eigenvalue weighted by atomic mass is 9.74. The van der Waals surface area contributed by atoms with E-state index in [1.807, 2.05) is 0 Å². The maximum absolute atomic E-state index is 2.46. The molecule has 1 nitrogen and oxygen atoms in total. The smallest absolute Gasteiger partial charge is 0.0540 e. The molecule has 0 heterocycles. The van der Waals surface area contributed by atoms with Crippen molar-refractivity contribution in [2.45, 2.75) is 12.3 Å². The van der Waals surface area contributed by atoms with Crippen LogP contribution >= 0.6 is 0 Å². The molecule has 1 heteroatoms. The van der Waals surface area contributed by atoms with Crippen LogP contribution in [0.5, 0.6) is 0 Å². The quantitative estimate of drug-likeness (QED) is 0.145. The first kappa shape index (κ1) is 36.8. The minimum absolute atomic E-state index is 0.268. The Bertz CT molecular complexity index is 3510. The molecule has 0 aromatic heterocycles. The van der Waals surface area contributed by atoms with Gasteiger partial charge in [0.15, 0.2) is 0 Å². The van der Waals surface area contributed by atoms with Crippen molar-refractivity contribution in [1.29, 1.82) is 0 Å². The lowest BCUT2D eigenvalue weighted by Crippen LogP contribution is -2.22. The summed E-state index contributed by atoms with van der Waals surface area (Å²) in [7, 11) is 0. The number of hydrogen-bond donors (Lipinski definition) is 0. The molecule has 0 saturated carbocycles. The SMILES string of the molecule is CC1(c2ccccc2)c2ccccc2-c2cc(N(c3cccc(-c4ccc5c(c4)c(-c4ccccc4)c(-c4ccccc4)c4ccccc45)c3)c3cccc4ccccc34)ccc21. The molecule has 0 spiro atoms. The molecule has 11 aromatic rings. The van der Waals surface area contributed by atoms with Gasteiger partial charge < -0.3 is 4.90 Å². The second-order valence-electron chi connectivity index (χ2n) is 16.9. The fraction of sp³-hybridized carbons (Fsp3) is 0.0323. The topological polar surface area (TPSA) is 3.24 Å². The van der Waals surface area contributed by atoms with Crippen LogP contribution in [0.15, 0.2) is 243 Å². The van der Waals surface area contributed by atoms with E-state index < -0.39 is 0 Å². The van der Waals surface area contributed by atoms with Crippen LogP contribution in [0, 0.1) is 0 Å². The van der Waals surface area contributed by atoms with E-state index >= 15 is 0 Å². The molecule has 1 aliphatic rings. The number of benzene rings is 11. The summed E-state index contributed by atoms with van der Waals surface area (Å²) in [5.74, 6) is 0. The summed E-state index contributed by atoms with van der Waals surface area (Å²) in [4.78, 5) is 2.46. The fourth-order valence-electron chi connectivity index (χ4n) is 10.5. The molecule has 0 amide bonds. The molecular weight excluding hydrogens is 759 g/mol. The highest BCUT2D eigenvalue weighted by molar-refractivity contribution is 6.22. The molecule has 1 atom stereocenters. The van der Waals surface area contributed by atoms with Crippen LogP contribution in [-0.4, -0.2) is 0 Å². The molecule has 0 bridgehead atoms. The molecular formula is C62H43N. The summed E-state index contributed by atoms with van der Waals surface area (Å²) in [5.41, 5.74) is 16.9. The van der Waals surface area contributed by atoms with Crippen molar-refractivity contribution >= 4 is 49.4 Å². The highest BCUT2D eigenvalue weighted by Crippen LogP contribution is 2.54. The molecule has 12 rings (SSSR count). The third-order valence-electron chi connectivity index (χ3n) is 13.5. The van der Waals surface area contributed by atoms with Crippen LogP contribution in [0.1, 0.15) is 23.6 Å². The van der Waals surface area contributed by atoms with Crippen molar-refractivity contribution in [3.05, 3.63) is 259 Å². The lowest BCUT2D eigenvalue weighted by molar-refractivity contribution is 0.714. The average molecular weight is 802 g/mol. The highest BCUT2D eigenvalue weighted by Gasteiger charge is 2.41. The molecule has 0 saturated heterocycles. The average Bonchev–Trinajstić information content (AvgIpc) is 3.62. The van der Waals surface area contributed by atoms with E-state index in [0.29, 0.717) is 0 Å². The zero-order valence-electron chi connectivity index (χ0n) is 35.0. The van der Waals surface area contributed by atoms with Gasteiger partial charge >= 0.3 is 0 Å². The number of fused-ring (bicyclic) bond motifs is 7. The van der Waals surface area contributed by atoms with E-state index in [4.69, 9.17) is 0 Å². The van der Waals surface area contributed by atoms with Gasteiger partial charge in [-0.2, -0.15) is 0 Å². The minimum atomic E-state index is -0.268. The molecule has 296 valence electrons. The van der Waals surface area contributed by atoms with Crippen molar-refractivity contribution in [3.63, 3.8) is 0 Å². The molecule has 0 aliphatic heterocycles. The molecule has 63 heavy (non-hydrogen) atoms. The monoisotopic (exact) mass is 801 g/mol. The molecule has 1 unspecified atom stereocenters. The summed E-state index contributed by atoms with van der Waals surface area (Å²) < 4.78 is 0. The zero-order valence-corrected chi connectivity index (χ0v) is 35.0. The van der Waals surface area contributed by atoms with E-state index in [0.717, 1.165) is 22.6 Å². The predicted molar refractivity (Wildman–Crippen MR) is 267 cm³/mol. The van der Waals surface area contributed by atoms with Gasteiger partial charge in [0.2, 0.25) is 0 Å². The second-order valence-corrected chi connectivity index (χ2v) is 16.9. The Hall–Kier alpha value is -8.00. The summed E-state index contributed by atoms with van der Waals surface area (Å²) in [6, 6.07) is 89.4. The van der Waals surface area contributed by atoms with Crippen molar-refractivity contribution in [1.82, 2.24) is 0 Å². The van der Waals surface area contributed by atoms with E-state index in [-0.39, 0.29) is 5.41 Å². The van der Waals surface area contributed by atoms with Crippen LogP contribution in [0.2, 0.25) is 0 Å². The fourth-order valence-corrected chi connectivity index (χ4v) is 10.5. The molecule has 0 N–H and O–H groups in total. The molecule has 11 aromatic carbocycles. The van der Waals surface area contributed by atoms with E-state index in [1.54, 1.807) is 0 Å². The Labute approximate surface area is 368 Å². The maximum Gasteiger partial charge on any atom is 0.0540 e. The Morgan fingerprint density at radius 3 is 1.63 bits per heavy atom. The number of anilines is 3. The van der Waals surface area contributed by atoms with Gasteiger partial charge in [-0.05, 0) is 131 Å². The standard InChI is InChI=1S/C62H43N/c1-62(47-26-9-4-10-27-47)57-33-16-15-31-53(57)55-41-49(36-38-58(55)62)63(59-34-18-24-42-19-11-12-29-50(42)59)48-28-17-25-45(39-48)46-35-37-52-51-30-13-14-32-54(51)60(43-20-5-2-6-21-43)61(56(52)40-46)44-22-7-3-8-23-44/h2-41H,1H3.